The van der Waals surface area contributed by atoms with Gasteiger partial charge in [0.1, 0.15) is 24.7 Å². The number of hydrazone groups is 1. The molecule has 0 aromatic heterocycles. The standard InChI is InChI=1S/C24H29N3O5/c1-16-6-8-17(9-7-16)21-13-20(19-11-10-18(31-4)12-22(19)32-5)25-27(21)23(28)14-26(2)24(29)15-30-3/h6-12,21H,13-15H2,1-5H3. The molecule has 8 heteroatoms. The minimum atomic E-state index is -0.282. The van der Waals surface area contributed by atoms with Crippen LogP contribution >= 0.6 is 0 Å². The van der Waals surface area contributed by atoms with Crippen molar-refractivity contribution in [1.82, 2.24) is 9.91 Å². The first-order valence-corrected chi connectivity index (χ1v) is 10.3. The van der Waals surface area contributed by atoms with Gasteiger partial charge in [-0.1, -0.05) is 29.8 Å². The molecular formula is C24H29N3O5. The number of carbonyl (C=O) groups is 2. The lowest BCUT2D eigenvalue weighted by atomic mass is 9.97. The second kappa shape index (κ2) is 10.3. The molecule has 1 unspecified atom stereocenters. The van der Waals surface area contributed by atoms with Crippen molar-refractivity contribution in [3.63, 3.8) is 0 Å². The van der Waals surface area contributed by atoms with Gasteiger partial charge in [-0.15, -0.1) is 0 Å². The number of benzene rings is 2. The van der Waals surface area contributed by atoms with E-state index < -0.39 is 0 Å². The maximum Gasteiger partial charge on any atom is 0.262 e. The average Bonchev–Trinajstić information content (AvgIpc) is 3.24. The molecule has 0 saturated heterocycles. The van der Waals surface area contributed by atoms with E-state index in [0.29, 0.717) is 17.9 Å². The summed E-state index contributed by atoms with van der Waals surface area (Å²) in [6.45, 7) is 1.84. The van der Waals surface area contributed by atoms with Crippen molar-refractivity contribution in [2.45, 2.75) is 19.4 Å². The van der Waals surface area contributed by atoms with Crippen LogP contribution in [0, 0.1) is 6.92 Å². The van der Waals surface area contributed by atoms with Crippen LogP contribution in [-0.2, 0) is 14.3 Å². The van der Waals surface area contributed by atoms with Gasteiger partial charge in [0, 0.05) is 32.2 Å². The second-order valence-corrected chi connectivity index (χ2v) is 7.66. The molecular weight excluding hydrogens is 410 g/mol. The van der Waals surface area contributed by atoms with Crippen LogP contribution in [0.15, 0.2) is 47.6 Å². The molecule has 170 valence electrons. The summed E-state index contributed by atoms with van der Waals surface area (Å²) in [5.74, 6) is 0.746. The van der Waals surface area contributed by atoms with Gasteiger partial charge in [-0.3, -0.25) is 9.59 Å². The van der Waals surface area contributed by atoms with Crippen LogP contribution in [0.25, 0.3) is 0 Å². The third kappa shape index (κ3) is 5.08. The van der Waals surface area contributed by atoms with E-state index in [4.69, 9.17) is 14.2 Å². The monoisotopic (exact) mass is 439 g/mol. The van der Waals surface area contributed by atoms with Crippen molar-refractivity contribution in [3.05, 3.63) is 59.2 Å². The fourth-order valence-electron chi connectivity index (χ4n) is 3.59. The molecule has 1 heterocycles. The van der Waals surface area contributed by atoms with Crippen molar-refractivity contribution in [2.24, 2.45) is 5.10 Å². The van der Waals surface area contributed by atoms with Crippen LogP contribution in [0.1, 0.15) is 29.2 Å². The van der Waals surface area contributed by atoms with E-state index in [1.807, 2.05) is 43.3 Å². The predicted molar refractivity (Wildman–Crippen MR) is 121 cm³/mol. The van der Waals surface area contributed by atoms with E-state index in [2.05, 4.69) is 5.10 Å². The van der Waals surface area contributed by atoms with Crippen molar-refractivity contribution in [3.8, 4) is 11.5 Å². The van der Waals surface area contributed by atoms with Gasteiger partial charge in [0.05, 0.1) is 26.0 Å². The lowest BCUT2D eigenvalue weighted by Crippen LogP contribution is -2.40. The minimum absolute atomic E-state index is 0.0806. The van der Waals surface area contributed by atoms with Crippen LogP contribution in [0.4, 0.5) is 0 Å². The van der Waals surface area contributed by atoms with Gasteiger partial charge in [0.15, 0.2) is 0 Å². The third-order valence-electron chi connectivity index (χ3n) is 5.41. The first-order chi connectivity index (χ1) is 15.4. The third-order valence-corrected chi connectivity index (χ3v) is 5.41. The molecule has 1 aliphatic rings. The van der Waals surface area contributed by atoms with E-state index in [0.717, 1.165) is 22.4 Å². The number of amides is 2. The zero-order chi connectivity index (χ0) is 23.3. The van der Waals surface area contributed by atoms with Crippen LogP contribution < -0.4 is 9.47 Å². The van der Waals surface area contributed by atoms with Crippen molar-refractivity contribution < 1.29 is 23.8 Å². The molecule has 2 aromatic carbocycles. The molecule has 8 nitrogen and oxygen atoms in total. The Hall–Kier alpha value is -3.39. The van der Waals surface area contributed by atoms with Gasteiger partial charge in [0.25, 0.3) is 5.91 Å². The van der Waals surface area contributed by atoms with E-state index in [-0.39, 0.29) is 31.0 Å². The molecule has 0 radical (unpaired) electrons. The van der Waals surface area contributed by atoms with Gasteiger partial charge in [-0.25, -0.2) is 5.01 Å². The first-order valence-electron chi connectivity index (χ1n) is 10.3. The summed E-state index contributed by atoms with van der Waals surface area (Å²) in [5, 5.41) is 6.14. The second-order valence-electron chi connectivity index (χ2n) is 7.66. The molecule has 0 N–H and O–H groups in total. The van der Waals surface area contributed by atoms with Gasteiger partial charge < -0.3 is 19.1 Å². The topological polar surface area (TPSA) is 80.7 Å². The SMILES string of the molecule is COCC(=O)N(C)CC(=O)N1N=C(c2ccc(OC)cc2OC)CC1c1ccc(C)cc1. The quantitative estimate of drug-likeness (QED) is 0.632. The predicted octanol–water partition coefficient (Wildman–Crippen LogP) is 2.79. The summed E-state index contributed by atoms with van der Waals surface area (Å²) in [4.78, 5) is 26.6. The largest absolute Gasteiger partial charge is 0.497 e. The van der Waals surface area contributed by atoms with Crippen molar-refractivity contribution in [1.29, 1.82) is 0 Å². The summed E-state index contributed by atoms with van der Waals surface area (Å²) < 4.78 is 15.7. The number of rotatable bonds is 8. The zero-order valence-corrected chi connectivity index (χ0v) is 19.1. The lowest BCUT2D eigenvalue weighted by Gasteiger charge is -2.25. The first kappa shape index (κ1) is 23.3. The number of hydrogen-bond acceptors (Lipinski definition) is 6. The summed E-state index contributed by atoms with van der Waals surface area (Å²) in [5.41, 5.74) is 3.63. The Morgan fingerprint density at radius 1 is 1.09 bits per heavy atom. The molecule has 0 bridgehead atoms. The summed E-state index contributed by atoms with van der Waals surface area (Å²) in [6.07, 6.45) is 0.521. The normalized spacial score (nSPS) is 15.3. The fraction of sp³-hybridized carbons (Fsp3) is 0.375. The molecule has 0 fully saturated rings. The Balaban J connectivity index is 1.94. The number of ether oxygens (including phenoxy) is 3. The number of aryl methyl sites for hydroxylation is 1. The Morgan fingerprint density at radius 2 is 1.81 bits per heavy atom. The van der Waals surface area contributed by atoms with Gasteiger partial charge >= 0.3 is 0 Å². The number of likely N-dealkylation sites (N-methyl/N-ethyl adjacent to an activating group) is 1. The van der Waals surface area contributed by atoms with Crippen LogP contribution in [-0.4, -0.2) is 69.0 Å². The van der Waals surface area contributed by atoms with E-state index >= 15 is 0 Å². The van der Waals surface area contributed by atoms with E-state index in [9.17, 15) is 9.59 Å². The Bertz CT molecular complexity index is 1000. The highest BCUT2D eigenvalue weighted by Crippen LogP contribution is 2.36. The molecule has 2 amide bonds. The number of nitrogens with zero attached hydrogens (tertiary/aromatic N) is 3. The lowest BCUT2D eigenvalue weighted by molar-refractivity contribution is -0.142. The smallest absolute Gasteiger partial charge is 0.262 e. The Kier molecular flexibility index (Phi) is 7.48. The molecule has 0 spiro atoms. The molecule has 1 aliphatic heterocycles. The molecule has 0 aliphatic carbocycles. The molecule has 1 atom stereocenters. The van der Waals surface area contributed by atoms with Crippen molar-refractivity contribution in [2.75, 3.05) is 41.5 Å². The van der Waals surface area contributed by atoms with E-state index in [1.54, 1.807) is 27.3 Å². The van der Waals surface area contributed by atoms with Crippen LogP contribution in [0.3, 0.4) is 0 Å². The van der Waals surface area contributed by atoms with Gasteiger partial charge in [-0.2, -0.15) is 5.10 Å². The van der Waals surface area contributed by atoms with Gasteiger partial charge in [-0.05, 0) is 24.6 Å². The minimum Gasteiger partial charge on any atom is -0.497 e. The Morgan fingerprint density at radius 3 is 2.44 bits per heavy atom. The van der Waals surface area contributed by atoms with Crippen LogP contribution in [0.2, 0.25) is 0 Å². The fourth-order valence-corrected chi connectivity index (χ4v) is 3.59. The number of carbonyl (C=O) groups excluding carboxylic acids is 2. The summed E-state index contributed by atoms with van der Waals surface area (Å²) in [6, 6.07) is 13.3. The molecule has 0 saturated carbocycles. The van der Waals surface area contributed by atoms with Crippen LogP contribution in [0.5, 0.6) is 11.5 Å². The average molecular weight is 440 g/mol. The molecule has 2 aromatic rings. The zero-order valence-electron chi connectivity index (χ0n) is 19.1. The molecule has 3 rings (SSSR count). The highest BCUT2D eigenvalue weighted by Gasteiger charge is 2.34. The highest BCUT2D eigenvalue weighted by atomic mass is 16.5. The van der Waals surface area contributed by atoms with Crippen molar-refractivity contribution >= 4 is 17.5 Å². The maximum absolute atomic E-state index is 13.2. The summed E-state index contributed by atoms with van der Waals surface area (Å²) in [7, 11) is 6.20. The number of hydrogen-bond donors (Lipinski definition) is 0. The van der Waals surface area contributed by atoms with E-state index in [1.165, 1.54) is 17.0 Å². The molecule has 32 heavy (non-hydrogen) atoms. The van der Waals surface area contributed by atoms with Gasteiger partial charge in [0.2, 0.25) is 5.91 Å². The Labute approximate surface area is 188 Å². The number of methoxy groups -OCH3 is 3. The highest BCUT2D eigenvalue weighted by molar-refractivity contribution is 6.05. The summed E-state index contributed by atoms with van der Waals surface area (Å²) >= 11 is 0. The maximum atomic E-state index is 13.2.